The number of nitrogens with zero attached hydrogens (tertiary/aromatic N) is 2. The predicted octanol–water partition coefficient (Wildman–Crippen LogP) is 1.10. The van der Waals surface area contributed by atoms with Gasteiger partial charge in [0.2, 0.25) is 5.91 Å². The zero-order valence-corrected chi connectivity index (χ0v) is 13.1. The first-order valence-electron chi connectivity index (χ1n) is 7.48. The third-order valence-corrected chi connectivity index (χ3v) is 4.53. The summed E-state index contributed by atoms with van der Waals surface area (Å²) >= 11 is 0. The summed E-state index contributed by atoms with van der Waals surface area (Å²) in [5.41, 5.74) is 5.12. The molecule has 2 unspecified atom stereocenters. The van der Waals surface area contributed by atoms with E-state index in [1.165, 1.54) is 0 Å². The maximum Gasteiger partial charge on any atom is 0.235 e. The highest BCUT2D eigenvalue weighted by molar-refractivity contribution is 5.79. The molecule has 1 fully saturated rings. The Labute approximate surface area is 122 Å². The highest BCUT2D eigenvalue weighted by Crippen LogP contribution is 2.19. The molecule has 0 saturated carbocycles. The number of hydrogen-bond donors (Lipinski definition) is 2. The van der Waals surface area contributed by atoms with E-state index in [9.17, 15) is 10.1 Å². The Kier molecular flexibility index (Phi) is 5.97. The molecule has 5 nitrogen and oxygen atoms in total. The molecule has 1 aliphatic heterocycles. The molecule has 5 heteroatoms. The Morgan fingerprint density at radius 1 is 1.45 bits per heavy atom. The molecule has 3 N–H and O–H groups in total. The number of nitrogens with one attached hydrogen (secondary N) is 1. The molecular formula is C15H28N4O. The molecule has 0 spiro atoms. The molecule has 1 saturated heterocycles. The van der Waals surface area contributed by atoms with Gasteiger partial charge in [-0.25, -0.2) is 0 Å². The summed E-state index contributed by atoms with van der Waals surface area (Å²) < 4.78 is 0. The molecule has 1 rings (SSSR count). The maximum atomic E-state index is 12.1. The van der Waals surface area contributed by atoms with Crippen molar-refractivity contribution >= 4 is 5.91 Å². The van der Waals surface area contributed by atoms with E-state index in [-0.39, 0.29) is 17.9 Å². The summed E-state index contributed by atoms with van der Waals surface area (Å²) in [7, 11) is 0. The van der Waals surface area contributed by atoms with Crippen LogP contribution in [0.5, 0.6) is 0 Å². The number of piperidine rings is 1. The molecule has 0 aromatic carbocycles. The van der Waals surface area contributed by atoms with Gasteiger partial charge in [0.05, 0.1) is 12.6 Å². The number of carbonyl (C=O) groups excluding carboxylic acids is 1. The minimum atomic E-state index is -0.790. The van der Waals surface area contributed by atoms with Gasteiger partial charge < -0.3 is 11.1 Å². The highest BCUT2D eigenvalue weighted by atomic mass is 16.2. The van der Waals surface area contributed by atoms with Gasteiger partial charge in [0.25, 0.3) is 0 Å². The van der Waals surface area contributed by atoms with Crippen molar-refractivity contribution in [2.45, 2.75) is 52.1 Å². The lowest BCUT2D eigenvalue weighted by Crippen LogP contribution is -2.52. The topological polar surface area (TPSA) is 82.2 Å². The Morgan fingerprint density at radius 2 is 2.00 bits per heavy atom. The Bertz CT molecular complexity index is 367. The first-order chi connectivity index (χ1) is 9.28. The van der Waals surface area contributed by atoms with Crippen LogP contribution in [0.15, 0.2) is 0 Å². The molecule has 0 aromatic heterocycles. The Hall–Kier alpha value is -1.12. The molecule has 114 valence electrons. The SMILES string of the molecule is CC(N)C1CCN(CC(=O)NC(C)(C#N)C(C)C)CC1. The van der Waals surface area contributed by atoms with E-state index in [4.69, 9.17) is 5.73 Å². The summed E-state index contributed by atoms with van der Waals surface area (Å²) in [4.78, 5) is 14.2. The van der Waals surface area contributed by atoms with E-state index in [2.05, 4.69) is 16.3 Å². The number of hydrogen-bond acceptors (Lipinski definition) is 4. The van der Waals surface area contributed by atoms with Crippen LogP contribution in [-0.2, 0) is 4.79 Å². The van der Waals surface area contributed by atoms with Gasteiger partial charge >= 0.3 is 0 Å². The van der Waals surface area contributed by atoms with Gasteiger partial charge in [-0.2, -0.15) is 5.26 Å². The van der Waals surface area contributed by atoms with Crippen molar-refractivity contribution in [3.05, 3.63) is 0 Å². The van der Waals surface area contributed by atoms with Crippen molar-refractivity contribution in [2.24, 2.45) is 17.6 Å². The van der Waals surface area contributed by atoms with Crippen LogP contribution in [0.2, 0.25) is 0 Å². The van der Waals surface area contributed by atoms with Gasteiger partial charge in [-0.1, -0.05) is 13.8 Å². The van der Waals surface area contributed by atoms with Crippen molar-refractivity contribution in [1.82, 2.24) is 10.2 Å². The normalized spacial score (nSPS) is 22.1. The fourth-order valence-corrected chi connectivity index (χ4v) is 2.47. The zero-order valence-electron chi connectivity index (χ0n) is 13.1. The van der Waals surface area contributed by atoms with Gasteiger partial charge in [-0.05, 0) is 51.6 Å². The van der Waals surface area contributed by atoms with Gasteiger partial charge in [0, 0.05) is 6.04 Å². The van der Waals surface area contributed by atoms with Crippen molar-refractivity contribution < 1.29 is 4.79 Å². The van der Waals surface area contributed by atoms with Crippen LogP contribution in [0.3, 0.4) is 0 Å². The maximum absolute atomic E-state index is 12.1. The van der Waals surface area contributed by atoms with Gasteiger partial charge in [0.15, 0.2) is 0 Å². The van der Waals surface area contributed by atoms with Crippen LogP contribution in [-0.4, -0.2) is 42.0 Å². The smallest absolute Gasteiger partial charge is 0.235 e. The van der Waals surface area contributed by atoms with Crippen molar-refractivity contribution in [1.29, 1.82) is 5.26 Å². The quantitative estimate of drug-likeness (QED) is 0.790. The van der Waals surface area contributed by atoms with Crippen LogP contribution in [0.1, 0.15) is 40.5 Å². The summed E-state index contributed by atoms with van der Waals surface area (Å²) in [6, 6.07) is 2.43. The molecule has 2 atom stereocenters. The predicted molar refractivity (Wildman–Crippen MR) is 79.8 cm³/mol. The Morgan fingerprint density at radius 3 is 2.40 bits per heavy atom. The van der Waals surface area contributed by atoms with Crippen LogP contribution in [0, 0.1) is 23.2 Å². The number of likely N-dealkylation sites (tertiary alicyclic amines) is 1. The van der Waals surface area contributed by atoms with E-state index in [1.807, 2.05) is 20.8 Å². The van der Waals surface area contributed by atoms with E-state index in [0.717, 1.165) is 25.9 Å². The fraction of sp³-hybridized carbons (Fsp3) is 0.867. The molecule has 0 aliphatic carbocycles. The van der Waals surface area contributed by atoms with Crippen molar-refractivity contribution in [2.75, 3.05) is 19.6 Å². The molecule has 0 radical (unpaired) electrons. The molecule has 1 heterocycles. The molecule has 1 aliphatic rings. The third-order valence-electron chi connectivity index (χ3n) is 4.53. The van der Waals surface area contributed by atoms with Crippen LogP contribution in [0.25, 0.3) is 0 Å². The van der Waals surface area contributed by atoms with Crippen LogP contribution >= 0.6 is 0 Å². The fourth-order valence-electron chi connectivity index (χ4n) is 2.47. The standard InChI is InChI=1S/C15H28N4O/c1-11(2)15(4,10-16)18-14(20)9-19-7-5-13(6-8-19)12(3)17/h11-13H,5-9,17H2,1-4H3,(H,18,20). The minimum absolute atomic E-state index is 0.0676. The summed E-state index contributed by atoms with van der Waals surface area (Å²) in [5, 5.41) is 12.1. The monoisotopic (exact) mass is 280 g/mol. The zero-order chi connectivity index (χ0) is 15.3. The van der Waals surface area contributed by atoms with E-state index < -0.39 is 5.54 Å². The van der Waals surface area contributed by atoms with Crippen LogP contribution in [0.4, 0.5) is 0 Å². The molecule has 20 heavy (non-hydrogen) atoms. The van der Waals surface area contributed by atoms with Gasteiger partial charge in [0.1, 0.15) is 5.54 Å². The first kappa shape index (κ1) is 16.9. The Balaban J connectivity index is 2.43. The number of amides is 1. The van der Waals surface area contributed by atoms with Crippen molar-refractivity contribution in [3.63, 3.8) is 0 Å². The summed E-state index contributed by atoms with van der Waals surface area (Å²) in [6.45, 7) is 9.89. The second-order valence-corrected chi connectivity index (χ2v) is 6.49. The van der Waals surface area contributed by atoms with Crippen LogP contribution < -0.4 is 11.1 Å². The molecular weight excluding hydrogens is 252 g/mol. The molecule has 0 aromatic rings. The lowest BCUT2D eigenvalue weighted by atomic mass is 9.89. The minimum Gasteiger partial charge on any atom is -0.337 e. The average Bonchev–Trinajstić information content (AvgIpc) is 2.38. The summed E-state index contributed by atoms with van der Waals surface area (Å²) in [5.74, 6) is 0.580. The van der Waals surface area contributed by atoms with Gasteiger partial charge in [-0.3, -0.25) is 9.69 Å². The largest absolute Gasteiger partial charge is 0.337 e. The van der Waals surface area contributed by atoms with Crippen molar-refractivity contribution in [3.8, 4) is 6.07 Å². The molecule has 1 amide bonds. The van der Waals surface area contributed by atoms with Gasteiger partial charge in [-0.15, -0.1) is 0 Å². The number of carbonyl (C=O) groups is 1. The summed E-state index contributed by atoms with van der Waals surface area (Å²) in [6.07, 6.45) is 2.09. The van der Waals surface area contributed by atoms with E-state index in [0.29, 0.717) is 12.5 Å². The van der Waals surface area contributed by atoms with E-state index >= 15 is 0 Å². The lowest BCUT2D eigenvalue weighted by molar-refractivity contribution is -0.124. The lowest BCUT2D eigenvalue weighted by Gasteiger charge is -2.34. The number of nitrogens with two attached hydrogens (primary N) is 1. The average molecular weight is 280 g/mol. The second-order valence-electron chi connectivity index (χ2n) is 6.49. The van der Waals surface area contributed by atoms with E-state index in [1.54, 1.807) is 6.92 Å². The highest BCUT2D eigenvalue weighted by Gasteiger charge is 2.31. The number of rotatable bonds is 5. The third kappa shape index (κ3) is 4.46. The molecule has 0 bridgehead atoms. The second kappa shape index (κ2) is 7.05. The number of nitriles is 1. The first-order valence-corrected chi connectivity index (χ1v) is 7.48.